The Balaban J connectivity index is 0.00000209. The van der Waals surface area contributed by atoms with E-state index in [0.717, 1.165) is 79.8 Å². The Hall–Kier alpha value is -7.58. The first kappa shape index (κ1) is 47.9. The monoisotopic (exact) mass is 928 g/mol. The topological polar surface area (TPSA) is 175 Å². The zero-order chi connectivity index (χ0) is 48.8. The van der Waals surface area contributed by atoms with Gasteiger partial charge in [-0.2, -0.15) is 0 Å². The third-order valence-electron chi connectivity index (χ3n) is 13.4. The number of H-pyrrole nitrogens is 2. The standard InChI is InChI=1S/C53H54N8O5.C2H6O/c1-6-39-21-26-44(61(39)52(64)47(59-53(65)66-5)34-15-11-8-12-16-34)50-56-43-25-20-38-28-36(18-23-41(38)49(43)58-50)35-17-22-40-37(27-35)19-24-42-48(40)57-45(55-42)29-60(32(4)31(2)3)51(63)46(54-30-62)33-13-9-7-10-14-33;1-3-2/h7-20,22-25,27-28,30-32,39,44,46-47H,6,21,26,29H2,1-5H3,(H,54,62)(H,55,57)(H,56,58)(H,59,65);1-2H3/t32-,39+,44+,46-,47-;/m1./s1. The summed E-state index contributed by atoms with van der Waals surface area (Å²) in [7, 11) is 4.54. The lowest BCUT2D eigenvalue weighted by Crippen LogP contribution is -2.46. The molecule has 8 aromatic rings. The van der Waals surface area contributed by atoms with E-state index in [1.54, 1.807) is 19.1 Å². The number of fused-ring (bicyclic) bond motifs is 6. The van der Waals surface area contributed by atoms with Crippen molar-refractivity contribution in [3.8, 4) is 11.1 Å². The van der Waals surface area contributed by atoms with Crippen LogP contribution in [-0.4, -0.2) is 87.5 Å². The maximum atomic E-state index is 14.5. The molecule has 356 valence electrons. The fraction of sp³-hybridized carbons (Fsp3) is 0.309. The summed E-state index contributed by atoms with van der Waals surface area (Å²) in [5, 5.41) is 9.59. The summed E-state index contributed by atoms with van der Waals surface area (Å²) < 4.78 is 9.17. The minimum Gasteiger partial charge on any atom is -0.453 e. The highest BCUT2D eigenvalue weighted by Crippen LogP contribution is 2.40. The van der Waals surface area contributed by atoms with Crippen molar-refractivity contribution in [1.29, 1.82) is 0 Å². The molecule has 1 aliphatic heterocycles. The number of hydrogen-bond acceptors (Lipinski definition) is 8. The minimum atomic E-state index is -0.909. The zero-order valence-corrected chi connectivity index (χ0v) is 40.2. The SMILES string of the molecule is CC[C@H]1CC[C@@H](c2nc3c(ccc4cc(-c5ccc6c(ccc7[nH]c(CN(C(=O)[C@H](NC=O)c8ccccc8)[C@H](C)C(C)C)nc76)c5)ccc43)[nH]2)N1C(=O)[C@H](NC(=O)OC)c1ccccc1.COC. The van der Waals surface area contributed by atoms with E-state index in [0.29, 0.717) is 23.4 Å². The van der Waals surface area contributed by atoms with Gasteiger partial charge in [0, 0.05) is 37.1 Å². The van der Waals surface area contributed by atoms with E-state index < -0.39 is 18.2 Å². The van der Waals surface area contributed by atoms with Crippen LogP contribution in [0.2, 0.25) is 0 Å². The van der Waals surface area contributed by atoms with Gasteiger partial charge in [-0.3, -0.25) is 14.4 Å². The summed E-state index contributed by atoms with van der Waals surface area (Å²) in [6.45, 7) is 8.52. The van der Waals surface area contributed by atoms with Gasteiger partial charge < -0.3 is 39.9 Å². The average Bonchev–Trinajstić information content (AvgIpc) is 4.13. The molecular formula is C55H60N8O6. The smallest absolute Gasteiger partial charge is 0.407 e. The van der Waals surface area contributed by atoms with Crippen molar-refractivity contribution in [2.75, 3.05) is 21.3 Å². The summed E-state index contributed by atoms with van der Waals surface area (Å²) in [5.41, 5.74) is 6.93. The Morgan fingerprint density at radius 3 is 1.87 bits per heavy atom. The summed E-state index contributed by atoms with van der Waals surface area (Å²) in [5.74, 6) is 1.14. The number of likely N-dealkylation sites (tertiary alicyclic amines) is 1. The lowest BCUT2D eigenvalue weighted by molar-refractivity contribution is -0.138. The van der Waals surface area contributed by atoms with Crippen molar-refractivity contribution in [1.82, 2.24) is 40.4 Å². The van der Waals surface area contributed by atoms with Gasteiger partial charge in [0.2, 0.25) is 12.3 Å². The highest BCUT2D eigenvalue weighted by atomic mass is 16.5. The molecule has 6 aromatic carbocycles. The third-order valence-corrected chi connectivity index (χ3v) is 13.4. The van der Waals surface area contributed by atoms with Crippen LogP contribution in [0.15, 0.2) is 121 Å². The van der Waals surface area contributed by atoms with Crippen molar-refractivity contribution in [3.05, 3.63) is 144 Å². The van der Waals surface area contributed by atoms with Gasteiger partial charge in [-0.1, -0.05) is 118 Å². The second-order valence-electron chi connectivity index (χ2n) is 18.0. The van der Waals surface area contributed by atoms with Crippen LogP contribution in [0.5, 0.6) is 0 Å². The molecule has 69 heavy (non-hydrogen) atoms. The summed E-state index contributed by atoms with van der Waals surface area (Å²) in [6, 6.07) is 37.5. The van der Waals surface area contributed by atoms with Gasteiger partial charge in [0.1, 0.15) is 23.7 Å². The quantitative estimate of drug-likeness (QED) is 0.0780. The number of imidazole rings is 2. The first-order valence-electron chi connectivity index (χ1n) is 23.5. The highest BCUT2D eigenvalue weighted by molar-refractivity contribution is 6.07. The van der Waals surface area contributed by atoms with Gasteiger partial charge in [-0.05, 0) is 89.4 Å². The molecule has 0 radical (unpaired) electrons. The van der Waals surface area contributed by atoms with Crippen molar-refractivity contribution < 1.29 is 28.7 Å². The maximum absolute atomic E-state index is 14.5. The van der Waals surface area contributed by atoms with Crippen LogP contribution in [0.4, 0.5) is 4.79 Å². The molecule has 2 aromatic heterocycles. The molecule has 4 N–H and O–H groups in total. The van der Waals surface area contributed by atoms with Crippen LogP contribution >= 0.6 is 0 Å². The molecule has 3 heterocycles. The zero-order valence-electron chi connectivity index (χ0n) is 40.2. The Bertz CT molecular complexity index is 3100. The number of amides is 4. The number of rotatable bonds is 14. The first-order valence-corrected chi connectivity index (χ1v) is 23.5. The lowest BCUT2D eigenvalue weighted by Gasteiger charge is -2.34. The Labute approximate surface area is 401 Å². The van der Waals surface area contributed by atoms with Gasteiger partial charge in [-0.25, -0.2) is 14.8 Å². The third kappa shape index (κ3) is 9.89. The van der Waals surface area contributed by atoms with Crippen LogP contribution in [0, 0.1) is 5.92 Å². The fourth-order valence-electron chi connectivity index (χ4n) is 9.54. The van der Waals surface area contributed by atoms with Crippen molar-refractivity contribution >= 4 is 67.9 Å². The molecule has 9 rings (SSSR count). The second-order valence-corrected chi connectivity index (χ2v) is 18.0. The van der Waals surface area contributed by atoms with E-state index >= 15 is 0 Å². The molecule has 5 atom stereocenters. The average molecular weight is 929 g/mol. The highest BCUT2D eigenvalue weighted by Gasteiger charge is 2.42. The van der Waals surface area contributed by atoms with Gasteiger partial charge in [0.15, 0.2) is 0 Å². The van der Waals surface area contributed by atoms with Crippen molar-refractivity contribution in [3.63, 3.8) is 0 Å². The normalized spacial score (nSPS) is 16.0. The van der Waals surface area contributed by atoms with E-state index in [-0.39, 0.29) is 42.4 Å². The molecule has 1 fully saturated rings. The van der Waals surface area contributed by atoms with Crippen LogP contribution in [0.1, 0.15) is 87.9 Å². The van der Waals surface area contributed by atoms with Crippen LogP contribution < -0.4 is 10.6 Å². The molecular weight excluding hydrogens is 869 g/mol. The molecule has 1 saturated heterocycles. The number of carbonyl (C=O) groups is 4. The number of aromatic nitrogens is 4. The van der Waals surface area contributed by atoms with E-state index in [1.807, 2.05) is 84.6 Å². The molecule has 0 unspecified atom stereocenters. The summed E-state index contributed by atoms with van der Waals surface area (Å²) in [4.78, 5) is 73.7. The number of carbonyl (C=O) groups excluding carboxylic acids is 4. The fourth-order valence-corrected chi connectivity index (χ4v) is 9.54. The number of aromatic amines is 2. The number of benzene rings is 6. The van der Waals surface area contributed by atoms with E-state index in [1.165, 1.54) is 7.11 Å². The van der Waals surface area contributed by atoms with Crippen molar-refractivity contribution in [2.24, 2.45) is 5.92 Å². The molecule has 14 heteroatoms. The summed E-state index contributed by atoms with van der Waals surface area (Å²) in [6.07, 6.45) is 2.24. The molecule has 0 spiro atoms. The van der Waals surface area contributed by atoms with Gasteiger partial charge in [0.05, 0.1) is 41.8 Å². The van der Waals surface area contributed by atoms with E-state index in [9.17, 15) is 19.2 Å². The molecule has 14 nitrogen and oxygen atoms in total. The molecule has 0 aliphatic carbocycles. The number of nitrogens with one attached hydrogen (secondary N) is 4. The van der Waals surface area contributed by atoms with Crippen LogP contribution in [-0.2, 0) is 30.4 Å². The van der Waals surface area contributed by atoms with Gasteiger partial charge >= 0.3 is 6.09 Å². The molecule has 0 bridgehead atoms. The molecule has 1 aliphatic rings. The molecule has 0 saturated carbocycles. The Morgan fingerprint density at radius 2 is 1.32 bits per heavy atom. The van der Waals surface area contributed by atoms with Gasteiger partial charge in [-0.15, -0.1) is 0 Å². The predicted molar refractivity (Wildman–Crippen MR) is 270 cm³/mol. The Kier molecular flexibility index (Phi) is 14.7. The van der Waals surface area contributed by atoms with Crippen LogP contribution in [0.25, 0.3) is 54.7 Å². The number of nitrogens with zero attached hydrogens (tertiary/aromatic N) is 4. The number of alkyl carbamates (subject to hydrolysis) is 1. The van der Waals surface area contributed by atoms with Crippen molar-refractivity contribution in [2.45, 2.75) is 83.7 Å². The largest absolute Gasteiger partial charge is 0.453 e. The second kappa shape index (κ2) is 21.2. The predicted octanol–water partition coefficient (Wildman–Crippen LogP) is 10.1. The first-order chi connectivity index (χ1) is 33.5. The number of methoxy groups -OCH3 is 2. The summed E-state index contributed by atoms with van der Waals surface area (Å²) >= 11 is 0. The van der Waals surface area contributed by atoms with Crippen LogP contribution in [0.3, 0.4) is 0 Å². The van der Waals surface area contributed by atoms with E-state index in [4.69, 9.17) is 14.7 Å². The molecule has 4 amide bonds. The lowest BCUT2D eigenvalue weighted by atomic mass is 9.98. The van der Waals surface area contributed by atoms with Gasteiger partial charge in [0.25, 0.3) is 5.91 Å². The van der Waals surface area contributed by atoms with E-state index in [2.05, 4.69) is 94.6 Å². The minimum absolute atomic E-state index is 0.0145. The Morgan fingerprint density at radius 1 is 0.754 bits per heavy atom. The maximum Gasteiger partial charge on any atom is 0.407 e. The number of hydrogen-bond donors (Lipinski definition) is 4. The number of ether oxygens (including phenoxy) is 2.